The van der Waals surface area contributed by atoms with Gasteiger partial charge in [0.2, 0.25) is 0 Å². The predicted octanol–water partition coefficient (Wildman–Crippen LogP) is 3.35. The maximum Gasteiger partial charge on any atom is 0.159 e. The van der Waals surface area contributed by atoms with Crippen LogP contribution in [-0.4, -0.2) is 39.2 Å². The van der Waals surface area contributed by atoms with Crippen molar-refractivity contribution in [3.8, 4) is 11.5 Å². The van der Waals surface area contributed by atoms with E-state index in [0.29, 0.717) is 11.2 Å². The normalized spacial score (nSPS) is 20.2. The van der Waals surface area contributed by atoms with Gasteiger partial charge in [-0.15, -0.1) is 0 Å². The molecule has 1 aliphatic heterocycles. The smallest absolute Gasteiger partial charge is 0.159 e. The average molecular weight is 341 g/mol. The van der Waals surface area contributed by atoms with Crippen LogP contribution in [0.25, 0.3) is 10.9 Å². The molecule has 5 rings (SSSR count). The number of anilines is 1. The molecule has 2 heterocycles. The highest BCUT2D eigenvalue weighted by atomic mass is 16.3. The zero-order valence-electron chi connectivity index (χ0n) is 14.7. The largest absolute Gasteiger partial charge is 0.504 e. The fourth-order valence-corrected chi connectivity index (χ4v) is 4.05. The summed E-state index contributed by atoms with van der Waals surface area (Å²) in [4.78, 5) is 7.14. The molecule has 1 saturated heterocycles. The van der Waals surface area contributed by atoms with Crippen LogP contribution < -0.4 is 5.73 Å². The summed E-state index contributed by atoms with van der Waals surface area (Å²) in [6, 6.07) is 3.95. The van der Waals surface area contributed by atoms with E-state index in [1.165, 1.54) is 57.3 Å². The zero-order chi connectivity index (χ0) is 17.4. The van der Waals surface area contributed by atoms with Gasteiger partial charge in [-0.1, -0.05) is 6.42 Å². The van der Waals surface area contributed by atoms with Crippen LogP contribution in [-0.2, 0) is 12.8 Å². The van der Waals surface area contributed by atoms with Crippen LogP contribution in [0, 0.1) is 0 Å². The first-order chi connectivity index (χ1) is 12.1. The number of aryl methyl sites for hydroxylation is 1. The minimum absolute atomic E-state index is 0.154. The number of piperidine rings is 1. The van der Waals surface area contributed by atoms with E-state index in [2.05, 4.69) is 9.88 Å². The van der Waals surface area contributed by atoms with E-state index in [9.17, 15) is 10.2 Å². The van der Waals surface area contributed by atoms with Crippen LogP contribution >= 0.6 is 0 Å². The molecule has 0 unspecified atom stereocenters. The third-order valence-corrected chi connectivity index (χ3v) is 5.61. The number of nitrogen functional groups attached to an aromatic ring is 1. The Morgan fingerprint density at radius 1 is 0.960 bits per heavy atom. The molecule has 2 fully saturated rings. The predicted molar refractivity (Wildman–Crippen MR) is 100.0 cm³/mol. The molecule has 3 aliphatic rings. The number of phenols is 2. The first-order valence-corrected chi connectivity index (χ1v) is 9.50. The minimum Gasteiger partial charge on any atom is -0.504 e. The molecule has 2 aromatic rings. The van der Waals surface area contributed by atoms with Crippen molar-refractivity contribution in [2.45, 2.75) is 57.4 Å². The fraction of sp³-hybridized carbons (Fsp3) is 0.550. The molecule has 2 aliphatic carbocycles. The second kappa shape index (κ2) is 6.71. The topological polar surface area (TPSA) is 82.6 Å². The highest BCUT2D eigenvalue weighted by Crippen LogP contribution is 2.36. The third kappa shape index (κ3) is 3.38. The van der Waals surface area contributed by atoms with Gasteiger partial charge < -0.3 is 20.8 Å². The summed E-state index contributed by atoms with van der Waals surface area (Å²) in [5, 5.41) is 19.6. The van der Waals surface area contributed by atoms with Crippen molar-refractivity contribution in [2.75, 3.05) is 18.8 Å². The third-order valence-electron chi connectivity index (χ3n) is 5.61. The van der Waals surface area contributed by atoms with E-state index in [-0.39, 0.29) is 11.5 Å². The van der Waals surface area contributed by atoms with Crippen molar-refractivity contribution in [2.24, 2.45) is 0 Å². The summed E-state index contributed by atoms with van der Waals surface area (Å²) in [6.45, 7) is 2.79. The van der Waals surface area contributed by atoms with E-state index in [0.717, 1.165) is 41.9 Å². The number of likely N-dealkylation sites (tertiary alicyclic amines) is 1. The van der Waals surface area contributed by atoms with E-state index in [1.807, 2.05) is 0 Å². The van der Waals surface area contributed by atoms with Crippen molar-refractivity contribution in [3.05, 3.63) is 23.4 Å². The van der Waals surface area contributed by atoms with Crippen LogP contribution in [0.1, 0.15) is 49.8 Å². The van der Waals surface area contributed by atoms with Crippen LogP contribution in [0.4, 0.5) is 5.69 Å². The average Bonchev–Trinajstić information content (AvgIpc) is 3.37. The summed E-state index contributed by atoms with van der Waals surface area (Å²) in [7, 11) is 0. The molecule has 5 nitrogen and oxygen atoms in total. The Morgan fingerprint density at radius 3 is 2.40 bits per heavy atom. The molecular weight excluding hydrogens is 314 g/mol. The van der Waals surface area contributed by atoms with Gasteiger partial charge in [0.25, 0.3) is 0 Å². The van der Waals surface area contributed by atoms with Gasteiger partial charge in [0.1, 0.15) is 0 Å². The molecule has 0 radical (unpaired) electrons. The Hall–Kier alpha value is -2.01. The SMILES string of the molecule is C1CCN(C2CC2)CC1.Nc1c2c(nc3cc(O)c(O)cc13)CCC2. The molecule has 25 heavy (non-hydrogen) atoms. The monoisotopic (exact) mass is 341 g/mol. The summed E-state index contributed by atoms with van der Waals surface area (Å²) < 4.78 is 0. The molecule has 134 valence electrons. The summed E-state index contributed by atoms with van der Waals surface area (Å²) in [5.74, 6) is -0.309. The number of pyridine rings is 1. The van der Waals surface area contributed by atoms with Crippen LogP contribution in [0.15, 0.2) is 12.1 Å². The Kier molecular flexibility index (Phi) is 4.42. The lowest BCUT2D eigenvalue weighted by Crippen LogP contribution is -2.31. The Morgan fingerprint density at radius 2 is 1.68 bits per heavy atom. The number of nitrogens with two attached hydrogens (primary N) is 1. The molecule has 1 aromatic heterocycles. The van der Waals surface area contributed by atoms with Gasteiger partial charge in [0, 0.05) is 28.9 Å². The minimum atomic E-state index is -0.155. The quantitative estimate of drug-likeness (QED) is 0.693. The van der Waals surface area contributed by atoms with Crippen molar-refractivity contribution < 1.29 is 10.2 Å². The van der Waals surface area contributed by atoms with Crippen molar-refractivity contribution in [1.82, 2.24) is 9.88 Å². The summed E-state index contributed by atoms with van der Waals surface area (Å²) in [6.07, 6.45) is 10.3. The van der Waals surface area contributed by atoms with E-state index < -0.39 is 0 Å². The Balaban J connectivity index is 0.000000147. The molecule has 1 aromatic carbocycles. The van der Waals surface area contributed by atoms with Gasteiger partial charge in [-0.2, -0.15) is 0 Å². The lowest BCUT2D eigenvalue weighted by atomic mass is 10.1. The van der Waals surface area contributed by atoms with Gasteiger partial charge in [0.05, 0.1) is 5.52 Å². The van der Waals surface area contributed by atoms with Crippen molar-refractivity contribution in [3.63, 3.8) is 0 Å². The van der Waals surface area contributed by atoms with Crippen LogP contribution in [0.2, 0.25) is 0 Å². The first-order valence-electron chi connectivity index (χ1n) is 9.50. The number of nitrogens with zero attached hydrogens (tertiary/aromatic N) is 2. The summed E-state index contributed by atoms with van der Waals surface area (Å²) in [5.41, 5.74) is 9.51. The van der Waals surface area contributed by atoms with E-state index in [1.54, 1.807) is 0 Å². The standard InChI is InChI=1S/C12H12N2O2.C8H15N/c13-12-6-2-1-3-8(6)14-9-5-11(16)10(15)4-7(9)12;1-2-6-9(7-3-1)8-4-5-8/h4-5,15-16H,1-3H2,(H2,13,14);8H,1-7H2. The van der Waals surface area contributed by atoms with Gasteiger partial charge in [-0.3, -0.25) is 4.98 Å². The lowest BCUT2D eigenvalue weighted by Gasteiger charge is -2.25. The molecular formula is C20H27N3O2. The molecule has 0 bridgehead atoms. The Labute approximate surface area is 148 Å². The number of aromatic hydroxyl groups is 2. The molecule has 4 N–H and O–H groups in total. The van der Waals surface area contributed by atoms with Gasteiger partial charge in [0.15, 0.2) is 11.5 Å². The van der Waals surface area contributed by atoms with Gasteiger partial charge in [-0.25, -0.2) is 0 Å². The number of benzene rings is 1. The molecule has 1 saturated carbocycles. The molecule has 0 atom stereocenters. The highest BCUT2D eigenvalue weighted by Gasteiger charge is 2.29. The Bertz CT molecular complexity index is 780. The number of hydrogen-bond donors (Lipinski definition) is 3. The van der Waals surface area contributed by atoms with Crippen molar-refractivity contribution >= 4 is 16.6 Å². The second-order valence-electron chi connectivity index (χ2n) is 7.49. The van der Waals surface area contributed by atoms with Gasteiger partial charge in [-0.05, 0) is 69.7 Å². The maximum atomic E-state index is 9.46. The maximum absolute atomic E-state index is 9.46. The zero-order valence-corrected chi connectivity index (χ0v) is 14.7. The number of hydrogen-bond acceptors (Lipinski definition) is 5. The van der Waals surface area contributed by atoms with Crippen LogP contribution in [0.3, 0.4) is 0 Å². The number of phenolic OH excluding ortho intramolecular Hbond substituents is 2. The van der Waals surface area contributed by atoms with Gasteiger partial charge >= 0.3 is 0 Å². The molecule has 0 amide bonds. The van der Waals surface area contributed by atoms with E-state index in [4.69, 9.17) is 5.73 Å². The molecule has 5 heteroatoms. The molecule has 0 spiro atoms. The van der Waals surface area contributed by atoms with Crippen molar-refractivity contribution in [1.29, 1.82) is 0 Å². The fourth-order valence-electron chi connectivity index (χ4n) is 4.05. The van der Waals surface area contributed by atoms with E-state index >= 15 is 0 Å². The van der Waals surface area contributed by atoms with Crippen LogP contribution in [0.5, 0.6) is 11.5 Å². The number of rotatable bonds is 1. The first kappa shape index (κ1) is 16.5. The second-order valence-corrected chi connectivity index (χ2v) is 7.49. The number of aromatic nitrogens is 1. The lowest BCUT2D eigenvalue weighted by molar-refractivity contribution is 0.219. The summed E-state index contributed by atoms with van der Waals surface area (Å²) >= 11 is 0. The highest BCUT2D eigenvalue weighted by molar-refractivity contribution is 5.94. The number of fused-ring (bicyclic) bond motifs is 2.